The van der Waals surface area contributed by atoms with Crippen LogP contribution in [0.1, 0.15) is 22.5 Å². The Kier molecular flexibility index (Phi) is 4.53. The summed E-state index contributed by atoms with van der Waals surface area (Å²) in [6, 6.07) is 12.0. The van der Waals surface area contributed by atoms with Crippen LogP contribution < -0.4 is 5.56 Å². The number of aromatic amines is 2. The van der Waals surface area contributed by atoms with Gasteiger partial charge in [-0.2, -0.15) is 28.6 Å². The summed E-state index contributed by atoms with van der Waals surface area (Å²) in [5.41, 5.74) is 1.08. The van der Waals surface area contributed by atoms with E-state index in [1.165, 1.54) is 29.1 Å². The first-order chi connectivity index (χ1) is 13.8. The van der Waals surface area contributed by atoms with Crippen molar-refractivity contribution >= 4 is 0 Å². The SMILES string of the molecule is Cc1ccc(Cc2cc(=O)n(-c3cc(-c4n[nH]nc4C(F)(F)F)ccn3)[nH]2)cc1. The first-order valence-electron chi connectivity index (χ1n) is 8.62. The Bertz CT molecular complexity index is 1200. The van der Waals surface area contributed by atoms with E-state index in [0.717, 1.165) is 11.1 Å². The molecule has 1 aromatic carbocycles. The van der Waals surface area contributed by atoms with Crippen LogP contribution >= 0.6 is 0 Å². The second-order valence-corrected chi connectivity index (χ2v) is 6.54. The highest BCUT2D eigenvalue weighted by atomic mass is 19.4. The molecule has 29 heavy (non-hydrogen) atoms. The van der Waals surface area contributed by atoms with Gasteiger partial charge in [-0.25, -0.2) is 9.67 Å². The smallest absolute Gasteiger partial charge is 0.293 e. The van der Waals surface area contributed by atoms with E-state index in [1.54, 1.807) is 0 Å². The number of aromatic nitrogens is 6. The lowest BCUT2D eigenvalue weighted by Gasteiger charge is -2.06. The fourth-order valence-electron chi connectivity index (χ4n) is 2.95. The highest BCUT2D eigenvalue weighted by molar-refractivity contribution is 5.63. The molecule has 4 aromatic rings. The molecule has 0 unspecified atom stereocenters. The summed E-state index contributed by atoms with van der Waals surface area (Å²) in [7, 11) is 0. The highest BCUT2D eigenvalue weighted by Gasteiger charge is 2.38. The Morgan fingerprint density at radius 3 is 2.55 bits per heavy atom. The number of nitrogens with zero attached hydrogens (tertiary/aromatic N) is 4. The zero-order valence-corrected chi connectivity index (χ0v) is 15.2. The van der Waals surface area contributed by atoms with Gasteiger partial charge in [0.05, 0.1) is 0 Å². The maximum Gasteiger partial charge on any atom is 0.437 e. The number of halogens is 3. The van der Waals surface area contributed by atoms with Crippen LogP contribution in [0.3, 0.4) is 0 Å². The third kappa shape index (κ3) is 3.82. The Morgan fingerprint density at radius 2 is 1.83 bits per heavy atom. The molecule has 0 saturated heterocycles. The first-order valence-corrected chi connectivity index (χ1v) is 8.62. The molecule has 2 N–H and O–H groups in total. The number of benzene rings is 1. The Morgan fingerprint density at radius 1 is 1.07 bits per heavy atom. The van der Waals surface area contributed by atoms with E-state index in [2.05, 4.69) is 20.3 Å². The molecule has 0 atom stereocenters. The Labute approximate surface area is 162 Å². The average molecular weight is 400 g/mol. The third-order valence-corrected chi connectivity index (χ3v) is 4.35. The van der Waals surface area contributed by atoms with Crippen molar-refractivity contribution in [3.8, 4) is 17.1 Å². The molecular weight excluding hydrogens is 385 g/mol. The number of hydrogen-bond donors (Lipinski definition) is 2. The van der Waals surface area contributed by atoms with Gasteiger partial charge in [-0.05, 0) is 24.6 Å². The summed E-state index contributed by atoms with van der Waals surface area (Å²) in [6.45, 7) is 1.99. The highest BCUT2D eigenvalue weighted by Crippen LogP contribution is 2.34. The van der Waals surface area contributed by atoms with Gasteiger partial charge in [-0.15, -0.1) is 0 Å². The molecule has 148 valence electrons. The summed E-state index contributed by atoms with van der Waals surface area (Å²) in [4.78, 5) is 16.5. The van der Waals surface area contributed by atoms with Crippen LogP contribution in [-0.2, 0) is 12.6 Å². The molecule has 0 spiro atoms. The third-order valence-electron chi connectivity index (χ3n) is 4.35. The molecule has 0 aliphatic carbocycles. The van der Waals surface area contributed by atoms with Crippen molar-refractivity contribution in [3.05, 3.63) is 81.5 Å². The minimum atomic E-state index is -4.66. The van der Waals surface area contributed by atoms with E-state index >= 15 is 0 Å². The molecular formula is C19H15F3N6O. The Hall–Kier alpha value is -3.69. The molecule has 7 nitrogen and oxygen atoms in total. The van der Waals surface area contributed by atoms with E-state index in [0.29, 0.717) is 12.1 Å². The minimum Gasteiger partial charge on any atom is -0.293 e. The van der Waals surface area contributed by atoms with Gasteiger partial charge >= 0.3 is 6.18 Å². The zero-order chi connectivity index (χ0) is 20.6. The molecule has 0 aliphatic heterocycles. The topological polar surface area (TPSA) is 92.2 Å². The maximum atomic E-state index is 13.1. The van der Waals surface area contributed by atoms with Gasteiger partial charge in [0, 0.05) is 29.9 Å². The quantitative estimate of drug-likeness (QED) is 0.550. The zero-order valence-electron chi connectivity index (χ0n) is 15.2. The molecule has 4 rings (SSSR count). The monoisotopic (exact) mass is 400 g/mol. The van der Waals surface area contributed by atoms with E-state index < -0.39 is 11.9 Å². The predicted octanol–water partition coefficient (Wildman–Crippen LogP) is 3.26. The van der Waals surface area contributed by atoms with Crippen LogP contribution in [0.5, 0.6) is 0 Å². The van der Waals surface area contributed by atoms with Crippen molar-refractivity contribution < 1.29 is 13.2 Å². The van der Waals surface area contributed by atoms with Gasteiger partial charge in [0.1, 0.15) is 5.69 Å². The van der Waals surface area contributed by atoms with Gasteiger partial charge in [0.25, 0.3) is 5.56 Å². The number of nitrogens with one attached hydrogen (secondary N) is 2. The number of rotatable bonds is 4. The van der Waals surface area contributed by atoms with E-state index in [1.807, 2.05) is 36.4 Å². The van der Waals surface area contributed by atoms with E-state index in [4.69, 9.17) is 0 Å². The van der Waals surface area contributed by atoms with Gasteiger partial charge in [0.2, 0.25) is 0 Å². The summed E-state index contributed by atoms with van der Waals surface area (Å²) in [5.74, 6) is 0.152. The normalized spacial score (nSPS) is 11.7. The van der Waals surface area contributed by atoms with Crippen molar-refractivity contribution in [3.63, 3.8) is 0 Å². The number of H-pyrrole nitrogens is 2. The first kappa shape index (κ1) is 18.7. The van der Waals surface area contributed by atoms with Crippen LogP contribution in [0, 0.1) is 6.92 Å². The molecule has 0 radical (unpaired) electrons. The summed E-state index contributed by atoms with van der Waals surface area (Å²) >= 11 is 0. The molecule has 0 amide bonds. The number of pyridine rings is 1. The molecule has 0 saturated carbocycles. The second kappa shape index (κ2) is 7.04. The van der Waals surface area contributed by atoms with E-state index in [-0.39, 0.29) is 22.6 Å². The molecule has 10 heteroatoms. The van der Waals surface area contributed by atoms with Crippen molar-refractivity contribution in [2.45, 2.75) is 19.5 Å². The lowest BCUT2D eigenvalue weighted by Crippen LogP contribution is -2.15. The summed E-state index contributed by atoms with van der Waals surface area (Å²) < 4.78 is 40.5. The second-order valence-electron chi connectivity index (χ2n) is 6.54. The van der Waals surface area contributed by atoms with Crippen LogP contribution in [0.4, 0.5) is 13.2 Å². The number of alkyl halides is 3. The van der Waals surface area contributed by atoms with Gasteiger partial charge in [-0.3, -0.25) is 9.89 Å². The summed E-state index contributed by atoms with van der Waals surface area (Å²) in [6.07, 6.45) is -2.84. The maximum absolute atomic E-state index is 13.1. The average Bonchev–Trinajstić information content (AvgIpc) is 3.30. The molecule has 3 aromatic heterocycles. The summed E-state index contributed by atoms with van der Waals surface area (Å²) in [5, 5.41) is 11.7. The van der Waals surface area contributed by atoms with Crippen LogP contribution in [-0.4, -0.2) is 30.2 Å². The number of aryl methyl sites for hydroxylation is 1. The van der Waals surface area contributed by atoms with Crippen molar-refractivity contribution in [1.29, 1.82) is 0 Å². The van der Waals surface area contributed by atoms with Crippen molar-refractivity contribution in [2.24, 2.45) is 0 Å². The lowest BCUT2D eigenvalue weighted by atomic mass is 10.1. The van der Waals surface area contributed by atoms with E-state index in [9.17, 15) is 18.0 Å². The van der Waals surface area contributed by atoms with Crippen LogP contribution in [0.2, 0.25) is 0 Å². The Balaban J connectivity index is 1.67. The molecule has 3 heterocycles. The predicted molar refractivity (Wildman–Crippen MR) is 98.5 cm³/mol. The molecule has 0 aliphatic rings. The van der Waals surface area contributed by atoms with Crippen molar-refractivity contribution in [2.75, 3.05) is 0 Å². The van der Waals surface area contributed by atoms with Crippen LogP contribution in [0.15, 0.2) is 53.5 Å². The van der Waals surface area contributed by atoms with Crippen molar-refractivity contribution in [1.82, 2.24) is 30.2 Å². The van der Waals surface area contributed by atoms with Gasteiger partial charge in [-0.1, -0.05) is 29.8 Å². The molecule has 0 bridgehead atoms. The minimum absolute atomic E-state index is 0.137. The standard InChI is InChI=1S/C19H15F3N6O/c1-11-2-4-12(5-3-11)8-14-10-16(29)28(26-14)15-9-13(6-7-23-15)17-18(19(20,21)22)25-27-24-17/h2-7,9-10,26H,8H2,1H3,(H,24,25,27). The molecule has 0 fully saturated rings. The lowest BCUT2D eigenvalue weighted by molar-refractivity contribution is -0.140. The fourth-order valence-corrected chi connectivity index (χ4v) is 2.95. The van der Waals surface area contributed by atoms with Gasteiger partial charge in [0.15, 0.2) is 11.5 Å². The fraction of sp³-hybridized carbons (Fsp3) is 0.158. The number of hydrogen-bond acceptors (Lipinski definition) is 4. The van der Waals surface area contributed by atoms with Crippen LogP contribution in [0.25, 0.3) is 17.1 Å². The largest absolute Gasteiger partial charge is 0.437 e. The van der Waals surface area contributed by atoms with Gasteiger partial charge < -0.3 is 0 Å².